The van der Waals surface area contributed by atoms with Crippen LogP contribution in [0.2, 0.25) is 0 Å². The standard InChI is InChI=1S/C26H22N2O4/c29-14-13-18-17-5-1-3-7-20(17)27-24(18)22(15-9-11-16(30)12-10-15)23-25(31)19-6-2-4-8-21(19)28-26(23)32/h1-12,22,27,29-30H,13-14H2,(H2,28,31,32). The summed E-state index contributed by atoms with van der Waals surface area (Å²) in [4.78, 5) is 19.6. The molecule has 0 aliphatic heterocycles. The number of phenolic OH excluding ortho intramolecular Hbond substituents is 1. The van der Waals surface area contributed by atoms with Gasteiger partial charge in [0.05, 0.1) is 17.0 Å². The number of aliphatic hydroxyl groups excluding tert-OH is 1. The van der Waals surface area contributed by atoms with E-state index in [1.807, 2.05) is 24.3 Å². The molecule has 0 aliphatic carbocycles. The van der Waals surface area contributed by atoms with Crippen LogP contribution in [0.25, 0.3) is 21.8 Å². The van der Waals surface area contributed by atoms with Crippen LogP contribution >= 0.6 is 0 Å². The number of aromatic amines is 2. The van der Waals surface area contributed by atoms with Crippen LogP contribution in [0, 0.1) is 0 Å². The van der Waals surface area contributed by atoms with Crippen LogP contribution in [0.4, 0.5) is 0 Å². The summed E-state index contributed by atoms with van der Waals surface area (Å²) in [5.74, 6) is -0.620. The first-order valence-electron chi connectivity index (χ1n) is 10.4. The summed E-state index contributed by atoms with van der Waals surface area (Å²) >= 11 is 0. The number of hydrogen-bond acceptors (Lipinski definition) is 4. The van der Waals surface area contributed by atoms with Crippen LogP contribution in [0.1, 0.15) is 28.3 Å². The highest BCUT2D eigenvalue weighted by atomic mass is 16.3. The van der Waals surface area contributed by atoms with E-state index in [2.05, 4.69) is 9.97 Å². The molecule has 0 saturated heterocycles. The molecule has 1 atom stereocenters. The van der Waals surface area contributed by atoms with Gasteiger partial charge < -0.3 is 25.3 Å². The molecule has 3 aromatic carbocycles. The van der Waals surface area contributed by atoms with Crippen LogP contribution < -0.4 is 5.56 Å². The van der Waals surface area contributed by atoms with Crippen molar-refractivity contribution in [3.05, 3.63) is 106 Å². The average Bonchev–Trinajstić information content (AvgIpc) is 3.16. The number of pyridine rings is 1. The number of aromatic nitrogens is 2. The van der Waals surface area contributed by atoms with Crippen molar-refractivity contribution >= 4 is 21.8 Å². The third-order valence-corrected chi connectivity index (χ3v) is 5.94. The Hall–Kier alpha value is -4.03. The van der Waals surface area contributed by atoms with Gasteiger partial charge in [0.2, 0.25) is 0 Å². The molecule has 2 heterocycles. The molecule has 1 unspecified atom stereocenters. The highest BCUT2D eigenvalue weighted by molar-refractivity contribution is 5.88. The van der Waals surface area contributed by atoms with Crippen molar-refractivity contribution < 1.29 is 15.3 Å². The van der Waals surface area contributed by atoms with Gasteiger partial charge in [-0.25, -0.2) is 0 Å². The normalized spacial score (nSPS) is 12.4. The van der Waals surface area contributed by atoms with Crippen molar-refractivity contribution in [1.29, 1.82) is 0 Å². The highest BCUT2D eigenvalue weighted by Gasteiger charge is 2.29. The summed E-state index contributed by atoms with van der Waals surface area (Å²) in [6.07, 6.45) is 0.389. The Labute approximate surface area is 183 Å². The first-order valence-corrected chi connectivity index (χ1v) is 10.4. The molecule has 0 spiro atoms. The third kappa shape index (κ3) is 3.21. The van der Waals surface area contributed by atoms with Crippen LogP contribution in [0.3, 0.4) is 0 Å². The van der Waals surface area contributed by atoms with Crippen molar-refractivity contribution in [2.45, 2.75) is 12.3 Å². The van der Waals surface area contributed by atoms with Crippen molar-refractivity contribution in [1.82, 2.24) is 9.97 Å². The van der Waals surface area contributed by atoms with Gasteiger partial charge in [0.25, 0.3) is 5.56 Å². The molecule has 5 rings (SSSR count). The van der Waals surface area contributed by atoms with Gasteiger partial charge >= 0.3 is 0 Å². The molecule has 160 valence electrons. The number of aliphatic hydroxyl groups is 1. The summed E-state index contributed by atoms with van der Waals surface area (Å²) < 4.78 is 0. The molecule has 5 aromatic rings. The summed E-state index contributed by atoms with van der Waals surface area (Å²) in [6.45, 7) is -0.0583. The smallest absolute Gasteiger partial charge is 0.256 e. The lowest BCUT2D eigenvalue weighted by Crippen LogP contribution is -2.20. The van der Waals surface area contributed by atoms with E-state index in [-0.39, 0.29) is 23.7 Å². The fraction of sp³-hybridized carbons (Fsp3) is 0.115. The van der Waals surface area contributed by atoms with Crippen LogP contribution in [-0.4, -0.2) is 31.9 Å². The monoisotopic (exact) mass is 426 g/mol. The van der Waals surface area contributed by atoms with Gasteiger partial charge in [-0.1, -0.05) is 42.5 Å². The van der Waals surface area contributed by atoms with E-state index in [0.29, 0.717) is 17.3 Å². The Morgan fingerprint density at radius 1 is 0.781 bits per heavy atom. The molecule has 0 amide bonds. The minimum absolute atomic E-state index is 0.0583. The maximum Gasteiger partial charge on any atom is 0.256 e. The summed E-state index contributed by atoms with van der Waals surface area (Å²) in [7, 11) is 0. The molecule has 0 fully saturated rings. The van der Waals surface area contributed by atoms with Crippen LogP contribution in [-0.2, 0) is 6.42 Å². The quantitative estimate of drug-likeness (QED) is 0.291. The van der Waals surface area contributed by atoms with E-state index in [9.17, 15) is 20.1 Å². The van der Waals surface area contributed by atoms with E-state index in [4.69, 9.17) is 0 Å². The Bertz CT molecular complexity index is 1480. The molecule has 0 bridgehead atoms. The Morgan fingerprint density at radius 2 is 1.41 bits per heavy atom. The summed E-state index contributed by atoms with van der Waals surface area (Å²) in [5.41, 5.74) is 3.58. The van der Waals surface area contributed by atoms with Crippen molar-refractivity contribution in [3.63, 3.8) is 0 Å². The SMILES string of the molecule is O=c1[nH]c2ccccc2c(O)c1C(c1ccc(O)cc1)c1[nH]c2ccccc2c1CCO. The number of rotatable bonds is 5. The third-order valence-electron chi connectivity index (χ3n) is 5.94. The maximum atomic E-state index is 13.3. The summed E-state index contributed by atoms with van der Waals surface area (Å²) in [6, 6.07) is 21.5. The van der Waals surface area contributed by atoms with Crippen LogP contribution in [0.15, 0.2) is 77.6 Å². The second-order valence-corrected chi connectivity index (χ2v) is 7.82. The van der Waals surface area contributed by atoms with E-state index in [0.717, 1.165) is 27.7 Å². The van der Waals surface area contributed by atoms with E-state index in [1.165, 1.54) is 0 Å². The molecule has 2 aromatic heterocycles. The van der Waals surface area contributed by atoms with Crippen molar-refractivity contribution in [3.8, 4) is 11.5 Å². The largest absolute Gasteiger partial charge is 0.508 e. The molecule has 0 radical (unpaired) electrons. The zero-order valence-corrected chi connectivity index (χ0v) is 17.2. The average molecular weight is 426 g/mol. The maximum absolute atomic E-state index is 13.3. The number of aromatic hydroxyl groups is 2. The second kappa shape index (κ2) is 7.90. The lowest BCUT2D eigenvalue weighted by Gasteiger charge is -2.20. The topological polar surface area (TPSA) is 109 Å². The lowest BCUT2D eigenvalue weighted by molar-refractivity contribution is 0.299. The van der Waals surface area contributed by atoms with Crippen molar-refractivity contribution in [2.75, 3.05) is 6.61 Å². The zero-order chi connectivity index (χ0) is 22.2. The Balaban J connectivity index is 1.86. The number of fused-ring (bicyclic) bond motifs is 2. The van der Waals surface area contributed by atoms with Gasteiger partial charge in [-0.05, 0) is 47.9 Å². The molecule has 6 heteroatoms. The molecule has 0 saturated carbocycles. The van der Waals surface area contributed by atoms with E-state index in [1.54, 1.807) is 48.5 Å². The molecule has 5 N–H and O–H groups in total. The van der Waals surface area contributed by atoms with Gasteiger partial charge in [0.15, 0.2) is 0 Å². The second-order valence-electron chi connectivity index (χ2n) is 7.82. The number of phenols is 1. The first kappa shape index (κ1) is 19.9. The highest BCUT2D eigenvalue weighted by Crippen LogP contribution is 2.40. The van der Waals surface area contributed by atoms with Crippen LogP contribution in [0.5, 0.6) is 11.5 Å². The number of para-hydroxylation sites is 2. The van der Waals surface area contributed by atoms with Gasteiger partial charge in [-0.2, -0.15) is 0 Å². The predicted octanol–water partition coefficient (Wildman–Crippen LogP) is 4.14. The molecular formula is C26H22N2O4. The predicted molar refractivity (Wildman–Crippen MR) is 124 cm³/mol. The minimum atomic E-state index is -0.641. The number of H-pyrrole nitrogens is 2. The fourth-order valence-corrected chi connectivity index (χ4v) is 4.50. The zero-order valence-electron chi connectivity index (χ0n) is 17.2. The van der Waals surface area contributed by atoms with E-state index < -0.39 is 11.5 Å². The molecule has 6 nitrogen and oxygen atoms in total. The van der Waals surface area contributed by atoms with Gasteiger partial charge in [-0.3, -0.25) is 4.79 Å². The fourth-order valence-electron chi connectivity index (χ4n) is 4.50. The number of benzene rings is 3. The molecular weight excluding hydrogens is 404 g/mol. The van der Waals surface area contributed by atoms with E-state index >= 15 is 0 Å². The summed E-state index contributed by atoms with van der Waals surface area (Å²) in [5, 5.41) is 32.3. The number of nitrogens with one attached hydrogen (secondary N) is 2. The van der Waals surface area contributed by atoms with Gasteiger partial charge in [-0.15, -0.1) is 0 Å². The van der Waals surface area contributed by atoms with Gasteiger partial charge in [0, 0.05) is 28.6 Å². The van der Waals surface area contributed by atoms with Crippen molar-refractivity contribution in [2.24, 2.45) is 0 Å². The molecule has 32 heavy (non-hydrogen) atoms. The lowest BCUT2D eigenvalue weighted by atomic mass is 9.85. The Kier molecular flexibility index (Phi) is 4.92. The van der Waals surface area contributed by atoms with Gasteiger partial charge in [0.1, 0.15) is 11.5 Å². The minimum Gasteiger partial charge on any atom is -0.508 e. The Morgan fingerprint density at radius 3 is 2.09 bits per heavy atom. The number of hydrogen-bond donors (Lipinski definition) is 5. The first-order chi connectivity index (χ1) is 15.6. The molecule has 0 aliphatic rings.